The van der Waals surface area contributed by atoms with E-state index in [0.717, 1.165) is 17.9 Å². The number of pyridine rings is 2. The molecule has 3 aromatic heterocycles. The molecule has 0 spiro atoms. The van der Waals surface area contributed by atoms with E-state index in [0.29, 0.717) is 6.07 Å². The second-order valence-corrected chi connectivity index (χ2v) is 7.74. The summed E-state index contributed by atoms with van der Waals surface area (Å²) in [6.45, 7) is -2.10. The maximum atomic E-state index is 14.2. The summed E-state index contributed by atoms with van der Waals surface area (Å²) in [5.41, 5.74) is -1.12. The second-order valence-electron chi connectivity index (χ2n) is 6.08. The largest absolute Gasteiger partial charge is 0.479 e. The standard InChI is InChI=1S/C17H16F4N4O5S/c1-29-16-11(6-10(19)15(23-16)30-8-13(20)21)24-31(27,28)12-7-22-14-9(12)2-4-25(5-3-18)17(14)26/h2,4,6-7,13,22,24H,3,5,8H2,1H3. The van der Waals surface area contributed by atoms with Crippen LogP contribution in [0, 0.1) is 5.82 Å². The summed E-state index contributed by atoms with van der Waals surface area (Å²) in [6.07, 6.45) is -0.583. The van der Waals surface area contributed by atoms with Crippen molar-refractivity contribution in [2.24, 2.45) is 0 Å². The van der Waals surface area contributed by atoms with Gasteiger partial charge in [-0.1, -0.05) is 0 Å². The summed E-state index contributed by atoms with van der Waals surface area (Å²) in [4.78, 5) is 18.1. The zero-order chi connectivity index (χ0) is 22.8. The van der Waals surface area contributed by atoms with Gasteiger partial charge in [-0.25, -0.2) is 26.0 Å². The van der Waals surface area contributed by atoms with Gasteiger partial charge in [0.05, 0.1) is 13.7 Å². The van der Waals surface area contributed by atoms with Crippen LogP contribution in [-0.4, -0.2) is 49.8 Å². The second kappa shape index (κ2) is 8.83. The van der Waals surface area contributed by atoms with Crippen molar-refractivity contribution >= 4 is 26.6 Å². The van der Waals surface area contributed by atoms with Gasteiger partial charge in [0, 0.05) is 23.8 Å². The van der Waals surface area contributed by atoms with E-state index in [1.165, 1.54) is 12.3 Å². The molecule has 3 rings (SSSR count). The molecule has 0 atom stereocenters. The zero-order valence-electron chi connectivity index (χ0n) is 15.9. The van der Waals surface area contributed by atoms with E-state index in [1.54, 1.807) is 0 Å². The molecule has 0 aliphatic heterocycles. The number of rotatable bonds is 9. The predicted octanol–water partition coefficient (Wildman–Crippen LogP) is 2.29. The number of H-pyrrole nitrogens is 1. The number of anilines is 1. The molecule has 3 heterocycles. The minimum Gasteiger partial charge on any atom is -0.479 e. The molecule has 0 saturated heterocycles. The third-order valence-corrected chi connectivity index (χ3v) is 5.49. The highest BCUT2D eigenvalue weighted by Crippen LogP contribution is 2.31. The monoisotopic (exact) mass is 464 g/mol. The quantitative estimate of drug-likeness (QED) is 0.470. The number of nitrogens with one attached hydrogen (secondary N) is 2. The number of aromatic amines is 1. The maximum absolute atomic E-state index is 14.2. The number of hydrogen-bond acceptors (Lipinski definition) is 6. The lowest BCUT2D eigenvalue weighted by atomic mass is 10.3. The Hall–Kier alpha value is -3.29. The number of hydrogen-bond donors (Lipinski definition) is 2. The Morgan fingerprint density at radius 3 is 2.71 bits per heavy atom. The number of alkyl halides is 3. The summed E-state index contributed by atoms with van der Waals surface area (Å²) in [6, 6.07) is 1.97. The molecule has 0 amide bonds. The van der Waals surface area contributed by atoms with Crippen molar-refractivity contribution in [3.63, 3.8) is 0 Å². The van der Waals surface area contributed by atoms with Crippen LogP contribution in [0.2, 0.25) is 0 Å². The van der Waals surface area contributed by atoms with Gasteiger partial charge in [-0.15, -0.1) is 0 Å². The van der Waals surface area contributed by atoms with Crippen LogP contribution in [0.25, 0.3) is 10.9 Å². The molecule has 3 aromatic rings. The first-order valence-electron chi connectivity index (χ1n) is 8.62. The average Bonchev–Trinajstić information content (AvgIpc) is 3.15. The minimum absolute atomic E-state index is 0.0249. The summed E-state index contributed by atoms with van der Waals surface area (Å²) in [7, 11) is -3.27. The smallest absolute Gasteiger partial charge is 0.274 e. The molecule has 0 radical (unpaired) electrons. The molecule has 0 aliphatic carbocycles. The topological polar surface area (TPSA) is 115 Å². The van der Waals surface area contributed by atoms with Gasteiger partial charge >= 0.3 is 0 Å². The third kappa shape index (κ3) is 4.57. The first-order chi connectivity index (χ1) is 14.7. The van der Waals surface area contributed by atoms with Crippen LogP contribution in [0.3, 0.4) is 0 Å². The molecule has 0 fully saturated rings. The first kappa shape index (κ1) is 22.4. The molecule has 9 nitrogen and oxygen atoms in total. The summed E-state index contributed by atoms with van der Waals surface area (Å²) < 4.78 is 89.5. The Morgan fingerprint density at radius 2 is 2.06 bits per heavy atom. The normalized spacial score (nSPS) is 11.8. The molecule has 0 aliphatic rings. The van der Waals surface area contributed by atoms with Crippen LogP contribution in [-0.2, 0) is 16.6 Å². The Labute approximate surface area is 172 Å². The van der Waals surface area contributed by atoms with E-state index in [-0.39, 0.29) is 22.3 Å². The van der Waals surface area contributed by atoms with Crippen LogP contribution in [0.4, 0.5) is 23.2 Å². The zero-order valence-corrected chi connectivity index (χ0v) is 16.7. The van der Waals surface area contributed by atoms with E-state index in [9.17, 15) is 30.8 Å². The molecular weight excluding hydrogens is 448 g/mol. The van der Waals surface area contributed by atoms with Crippen molar-refractivity contribution in [1.82, 2.24) is 14.5 Å². The third-order valence-electron chi connectivity index (χ3n) is 4.09. The van der Waals surface area contributed by atoms with Crippen molar-refractivity contribution in [3.8, 4) is 11.8 Å². The van der Waals surface area contributed by atoms with Gasteiger partial charge in [-0.3, -0.25) is 9.52 Å². The number of aromatic nitrogens is 3. The molecule has 0 aromatic carbocycles. The fourth-order valence-corrected chi connectivity index (χ4v) is 3.97. The number of aryl methyl sites for hydroxylation is 1. The lowest BCUT2D eigenvalue weighted by Gasteiger charge is -2.13. The van der Waals surface area contributed by atoms with Gasteiger partial charge < -0.3 is 19.0 Å². The van der Waals surface area contributed by atoms with Crippen LogP contribution in [0.1, 0.15) is 0 Å². The number of fused-ring (bicyclic) bond motifs is 1. The molecular formula is C17H16F4N4O5S. The van der Waals surface area contributed by atoms with Crippen molar-refractivity contribution in [3.05, 3.63) is 40.7 Å². The molecule has 0 bridgehead atoms. The van der Waals surface area contributed by atoms with Crippen molar-refractivity contribution < 1.29 is 35.5 Å². The van der Waals surface area contributed by atoms with Gasteiger partial charge in [0.1, 0.15) is 22.8 Å². The van der Waals surface area contributed by atoms with Crippen molar-refractivity contribution in [2.75, 3.05) is 25.1 Å². The van der Waals surface area contributed by atoms with Gasteiger partial charge in [-0.2, -0.15) is 4.98 Å². The van der Waals surface area contributed by atoms with E-state index in [2.05, 4.69) is 19.4 Å². The summed E-state index contributed by atoms with van der Waals surface area (Å²) in [5.74, 6) is -2.42. The van der Waals surface area contributed by atoms with Crippen LogP contribution < -0.4 is 19.8 Å². The highest BCUT2D eigenvalue weighted by Gasteiger charge is 2.24. The minimum atomic E-state index is -4.38. The molecule has 14 heteroatoms. The lowest BCUT2D eigenvalue weighted by Crippen LogP contribution is -2.20. The van der Waals surface area contributed by atoms with E-state index >= 15 is 0 Å². The van der Waals surface area contributed by atoms with Crippen LogP contribution >= 0.6 is 0 Å². The number of nitrogens with zero attached hydrogens (tertiary/aromatic N) is 2. The van der Waals surface area contributed by atoms with Crippen molar-refractivity contribution in [2.45, 2.75) is 17.9 Å². The maximum Gasteiger partial charge on any atom is 0.274 e. The molecule has 168 valence electrons. The molecule has 31 heavy (non-hydrogen) atoms. The molecule has 0 unspecified atom stereocenters. The summed E-state index contributed by atoms with van der Waals surface area (Å²) in [5, 5.41) is 0.0249. The van der Waals surface area contributed by atoms with E-state index in [1.807, 2.05) is 0 Å². The Bertz CT molecular complexity index is 1260. The first-order valence-corrected chi connectivity index (χ1v) is 10.1. The lowest BCUT2D eigenvalue weighted by molar-refractivity contribution is 0.0770. The highest BCUT2D eigenvalue weighted by atomic mass is 32.2. The molecule has 0 saturated carbocycles. The van der Waals surface area contributed by atoms with Gasteiger partial charge in [0.15, 0.2) is 12.4 Å². The Balaban J connectivity index is 1.98. The number of methoxy groups -OCH3 is 1. The fourth-order valence-electron chi connectivity index (χ4n) is 2.75. The van der Waals surface area contributed by atoms with E-state index in [4.69, 9.17) is 4.74 Å². The Morgan fingerprint density at radius 1 is 1.32 bits per heavy atom. The number of halogens is 4. The predicted molar refractivity (Wildman–Crippen MR) is 102 cm³/mol. The van der Waals surface area contributed by atoms with Crippen molar-refractivity contribution in [1.29, 1.82) is 0 Å². The van der Waals surface area contributed by atoms with Crippen LogP contribution in [0.15, 0.2) is 34.2 Å². The van der Waals surface area contributed by atoms with Gasteiger partial charge in [-0.05, 0) is 6.07 Å². The van der Waals surface area contributed by atoms with Gasteiger partial charge in [0.2, 0.25) is 5.88 Å². The highest BCUT2D eigenvalue weighted by molar-refractivity contribution is 7.93. The number of ether oxygens (including phenoxy) is 2. The number of sulfonamides is 1. The van der Waals surface area contributed by atoms with Crippen LogP contribution in [0.5, 0.6) is 11.8 Å². The molecule has 2 N–H and O–H groups in total. The Kier molecular flexibility index (Phi) is 6.38. The average molecular weight is 464 g/mol. The summed E-state index contributed by atoms with van der Waals surface area (Å²) >= 11 is 0. The van der Waals surface area contributed by atoms with E-state index < -0.39 is 58.6 Å². The SMILES string of the molecule is COc1nc(OCC(F)F)c(F)cc1NS(=O)(=O)c1c[nH]c2c(=O)n(CCF)ccc12. The van der Waals surface area contributed by atoms with Gasteiger partial charge in [0.25, 0.3) is 27.9 Å². The fraction of sp³-hybridized carbons (Fsp3) is 0.294.